The molecule has 1 atom stereocenters. The van der Waals surface area contributed by atoms with Gasteiger partial charge in [0.05, 0.1) is 0 Å². The lowest BCUT2D eigenvalue weighted by Crippen LogP contribution is -2.38. The minimum absolute atomic E-state index is 0.398. The van der Waals surface area contributed by atoms with Crippen LogP contribution in [0.15, 0.2) is 70.6 Å². The van der Waals surface area contributed by atoms with Gasteiger partial charge in [-0.1, -0.05) is 36.4 Å². The Balaban J connectivity index is 1.79. The number of allylic oxidation sites excluding steroid dienone is 3. The Kier molecular flexibility index (Phi) is 4.75. The van der Waals surface area contributed by atoms with Crippen LogP contribution in [0.3, 0.4) is 0 Å². The van der Waals surface area contributed by atoms with E-state index in [-0.39, 0.29) is 0 Å². The summed E-state index contributed by atoms with van der Waals surface area (Å²) in [4.78, 5) is 15.5. The molecule has 28 heavy (non-hydrogen) atoms. The molecular weight excluding hydrogens is 487 g/mol. The van der Waals surface area contributed by atoms with Gasteiger partial charge < -0.3 is 0 Å². The highest BCUT2D eigenvalue weighted by Gasteiger charge is 2.40. The number of pyridine rings is 1. The number of carbonyl (C=O) groups excluding carboxylic acids is 1. The van der Waals surface area contributed by atoms with Crippen LogP contribution in [0.4, 0.5) is 0 Å². The highest BCUT2D eigenvalue weighted by atomic mass is 127. The Morgan fingerprint density at radius 2 is 2.04 bits per heavy atom. The van der Waals surface area contributed by atoms with E-state index < -0.39 is 14.8 Å². The van der Waals surface area contributed by atoms with Crippen LogP contribution in [-0.2, 0) is 10.0 Å². The van der Waals surface area contributed by atoms with E-state index in [4.69, 9.17) is 0 Å². The standard InChI is InChI=1S/C21H17IN2O3S/c1-21(8-3-6-19(22)12-21)28(26,27)24-9-7-17-11-18(13-23-20(17)24)16-5-2-4-15(10-16)14-25/h2-11,13-14H,12H2,1H3. The topological polar surface area (TPSA) is 69.0 Å². The lowest BCUT2D eigenvalue weighted by atomic mass is 10.0. The van der Waals surface area contributed by atoms with E-state index in [1.165, 1.54) is 3.97 Å². The van der Waals surface area contributed by atoms with E-state index in [0.717, 1.165) is 26.4 Å². The van der Waals surface area contributed by atoms with Crippen LogP contribution < -0.4 is 0 Å². The van der Waals surface area contributed by atoms with Crippen molar-refractivity contribution in [3.63, 3.8) is 0 Å². The summed E-state index contributed by atoms with van der Waals surface area (Å²) >= 11 is 2.17. The molecule has 0 aliphatic heterocycles. The second-order valence-electron chi connectivity index (χ2n) is 6.96. The molecule has 1 aliphatic carbocycles. The van der Waals surface area contributed by atoms with Gasteiger partial charge in [0.2, 0.25) is 10.0 Å². The Hall–Kier alpha value is -2.26. The number of aldehydes is 1. The van der Waals surface area contributed by atoms with Crippen LogP contribution in [0, 0.1) is 0 Å². The minimum atomic E-state index is -3.69. The zero-order chi connectivity index (χ0) is 19.9. The predicted octanol–water partition coefficient (Wildman–Crippen LogP) is 4.73. The maximum absolute atomic E-state index is 13.4. The van der Waals surface area contributed by atoms with Crippen molar-refractivity contribution >= 4 is 49.9 Å². The number of halogens is 1. The summed E-state index contributed by atoms with van der Waals surface area (Å²) in [6.07, 6.45) is 9.87. The number of fused-ring (bicyclic) bond motifs is 1. The zero-order valence-corrected chi connectivity index (χ0v) is 18.0. The van der Waals surface area contributed by atoms with Crippen molar-refractivity contribution in [1.82, 2.24) is 8.96 Å². The maximum Gasteiger partial charge on any atom is 0.249 e. The summed E-state index contributed by atoms with van der Waals surface area (Å²) in [5.74, 6) is 0. The van der Waals surface area contributed by atoms with Crippen molar-refractivity contribution < 1.29 is 13.2 Å². The molecule has 0 saturated carbocycles. The van der Waals surface area contributed by atoms with Crippen LogP contribution >= 0.6 is 22.6 Å². The van der Waals surface area contributed by atoms with Gasteiger partial charge in [-0.15, -0.1) is 0 Å². The van der Waals surface area contributed by atoms with Crippen molar-refractivity contribution in [2.24, 2.45) is 0 Å². The van der Waals surface area contributed by atoms with Crippen LogP contribution in [-0.4, -0.2) is 28.4 Å². The number of hydrogen-bond acceptors (Lipinski definition) is 4. The summed E-state index contributed by atoms with van der Waals surface area (Å²) in [5.41, 5.74) is 2.66. The molecule has 1 aromatic carbocycles. The third kappa shape index (κ3) is 3.12. The fourth-order valence-corrected chi connectivity index (χ4v) is 6.25. The first-order valence-corrected chi connectivity index (χ1v) is 11.2. The first kappa shape index (κ1) is 19.1. The van der Waals surface area contributed by atoms with E-state index in [0.29, 0.717) is 17.6 Å². The summed E-state index contributed by atoms with van der Waals surface area (Å²) in [6, 6.07) is 10.9. The Bertz CT molecular complexity index is 1260. The number of rotatable bonds is 4. The van der Waals surface area contributed by atoms with Crippen LogP contribution in [0.2, 0.25) is 0 Å². The van der Waals surface area contributed by atoms with Gasteiger partial charge in [0.25, 0.3) is 0 Å². The minimum Gasteiger partial charge on any atom is -0.298 e. The fraction of sp³-hybridized carbons (Fsp3) is 0.143. The number of aromatic nitrogens is 2. The summed E-state index contributed by atoms with van der Waals surface area (Å²) in [5, 5.41) is 0.728. The quantitative estimate of drug-likeness (QED) is 0.381. The Labute approximate surface area is 177 Å². The SMILES string of the molecule is CC1(S(=O)(=O)n2ccc3cc(-c4cccc(C=O)c4)cnc32)C=CC=C(I)C1. The molecule has 142 valence electrons. The van der Waals surface area contributed by atoms with Crippen molar-refractivity contribution in [2.75, 3.05) is 0 Å². The molecule has 0 fully saturated rings. The molecule has 0 N–H and O–H groups in total. The van der Waals surface area contributed by atoms with Crippen LogP contribution in [0.5, 0.6) is 0 Å². The third-order valence-electron chi connectivity index (χ3n) is 4.94. The average molecular weight is 504 g/mol. The molecule has 0 bridgehead atoms. The van der Waals surface area contributed by atoms with Gasteiger partial charge >= 0.3 is 0 Å². The van der Waals surface area contributed by atoms with Gasteiger partial charge in [-0.25, -0.2) is 17.4 Å². The monoisotopic (exact) mass is 504 g/mol. The van der Waals surface area contributed by atoms with Gasteiger partial charge in [0, 0.05) is 35.3 Å². The highest BCUT2D eigenvalue weighted by Crippen LogP contribution is 2.36. The van der Waals surface area contributed by atoms with Crippen LogP contribution in [0.25, 0.3) is 22.2 Å². The molecule has 1 unspecified atom stereocenters. The van der Waals surface area contributed by atoms with E-state index in [1.54, 1.807) is 49.7 Å². The van der Waals surface area contributed by atoms with Gasteiger partial charge in [0.1, 0.15) is 11.0 Å². The second-order valence-corrected chi connectivity index (χ2v) is 10.6. The number of hydrogen-bond donors (Lipinski definition) is 0. The lowest BCUT2D eigenvalue weighted by molar-refractivity contribution is 0.112. The third-order valence-corrected chi connectivity index (χ3v) is 7.96. The highest BCUT2D eigenvalue weighted by molar-refractivity contribution is 14.1. The van der Waals surface area contributed by atoms with Crippen molar-refractivity contribution in [1.29, 1.82) is 0 Å². The summed E-state index contributed by atoms with van der Waals surface area (Å²) in [7, 11) is -3.69. The molecule has 2 heterocycles. The van der Waals surface area contributed by atoms with Crippen molar-refractivity contribution in [2.45, 2.75) is 18.1 Å². The molecule has 4 rings (SSSR count). The largest absolute Gasteiger partial charge is 0.298 e. The average Bonchev–Trinajstić information content (AvgIpc) is 3.11. The molecule has 0 amide bonds. The molecule has 7 heteroatoms. The predicted molar refractivity (Wildman–Crippen MR) is 119 cm³/mol. The Morgan fingerprint density at radius 1 is 1.21 bits per heavy atom. The molecule has 0 saturated heterocycles. The molecule has 3 aromatic rings. The second kappa shape index (κ2) is 6.97. The number of carbonyl (C=O) groups is 1. The number of benzene rings is 1. The van der Waals surface area contributed by atoms with Gasteiger partial charge in [-0.3, -0.25) is 4.79 Å². The van der Waals surface area contributed by atoms with Gasteiger partial charge in [-0.05, 0) is 56.9 Å². The number of nitrogens with zero attached hydrogens (tertiary/aromatic N) is 2. The molecule has 0 radical (unpaired) electrons. The van der Waals surface area contributed by atoms with E-state index in [1.807, 2.05) is 24.3 Å². The van der Waals surface area contributed by atoms with Gasteiger partial charge in [-0.2, -0.15) is 0 Å². The van der Waals surface area contributed by atoms with E-state index >= 15 is 0 Å². The smallest absolute Gasteiger partial charge is 0.249 e. The first-order valence-electron chi connectivity index (χ1n) is 8.66. The lowest BCUT2D eigenvalue weighted by Gasteiger charge is -2.28. The first-order chi connectivity index (χ1) is 13.3. The maximum atomic E-state index is 13.4. The molecular formula is C21H17IN2O3S. The fourth-order valence-electron chi connectivity index (χ4n) is 3.35. The molecule has 1 aliphatic rings. The van der Waals surface area contributed by atoms with Crippen molar-refractivity contribution in [3.8, 4) is 11.1 Å². The molecule has 2 aromatic heterocycles. The van der Waals surface area contributed by atoms with E-state index in [2.05, 4.69) is 27.6 Å². The van der Waals surface area contributed by atoms with Crippen molar-refractivity contribution in [3.05, 3.63) is 76.2 Å². The van der Waals surface area contributed by atoms with Crippen LogP contribution in [0.1, 0.15) is 23.7 Å². The summed E-state index contributed by atoms with van der Waals surface area (Å²) in [6.45, 7) is 1.73. The van der Waals surface area contributed by atoms with Gasteiger partial charge in [0.15, 0.2) is 5.65 Å². The normalized spacial score (nSPS) is 19.6. The zero-order valence-electron chi connectivity index (χ0n) is 15.0. The Morgan fingerprint density at radius 3 is 2.79 bits per heavy atom. The van der Waals surface area contributed by atoms with E-state index in [9.17, 15) is 13.2 Å². The molecule has 0 spiro atoms. The molecule has 5 nitrogen and oxygen atoms in total. The summed E-state index contributed by atoms with van der Waals surface area (Å²) < 4.78 is 28.0.